The lowest BCUT2D eigenvalue weighted by atomic mass is 10.0. The predicted octanol–water partition coefficient (Wildman–Crippen LogP) is 6.39. The Bertz CT molecular complexity index is 1120. The Morgan fingerprint density at radius 2 is 1.53 bits per heavy atom. The summed E-state index contributed by atoms with van der Waals surface area (Å²) in [5.74, 6) is -0.0486. The van der Waals surface area contributed by atoms with Crippen LogP contribution in [0.2, 0.25) is 0 Å². The van der Waals surface area contributed by atoms with E-state index in [4.69, 9.17) is 0 Å². The first kappa shape index (κ1) is 26.2. The highest BCUT2D eigenvalue weighted by atomic mass is 79.9. The van der Waals surface area contributed by atoms with Crippen LogP contribution in [0.15, 0.2) is 83.3 Å². The number of nitrogens with zero attached hydrogens (tertiary/aromatic N) is 1. The molecule has 1 N–H and O–H groups in total. The lowest BCUT2D eigenvalue weighted by Gasteiger charge is -2.32. The Morgan fingerprint density at radius 1 is 0.889 bits per heavy atom. The van der Waals surface area contributed by atoms with Crippen molar-refractivity contribution < 1.29 is 9.59 Å². The van der Waals surface area contributed by atoms with Crippen molar-refractivity contribution in [3.8, 4) is 0 Å². The number of halogens is 1. The number of amides is 2. The summed E-state index contributed by atoms with van der Waals surface area (Å²) in [7, 11) is 0. The highest BCUT2D eigenvalue weighted by Crippen LogP contribution is 2.21. The molecule has 5 heteroatoms. The van der Waals surface area contributed by atoms with E-state index < -0.39 is 6.04 Å². The monoisotopic (exact) mass is 546 g/mol. The standard InChI is InChI=1S/C31H35BrN2O2/c1-23-11-13-24(14-12-23)17-20-30(35)34(22-26-15-18-27(32)19-16-26)29(21-25-7-3-2-4-8-25)31(36)33-28-9-5-6-10-28/h2-4,7-8,11-16,18-19,28-29H,5-6,9-10,17,20-22H2,1H3,(H,33,36)/t29-/m1/s1. The lowest BCUT2D eigenvalue weighted by molar-refractivity contribution is -0.141. The zero-order chi connectivity index (χ0) is 25.3. The molecule has 3 aromatic rings. The molecule has 0 bridgehead atoms. The van der Waals surface area contributed by atoms with Crippen molar-refractivity contribution in [3.05, 3.63) is 106 Å². The van der Waals surface area contributed by atoms with Gasteiger partial charge in [0.2, 0.25) is 11.8 Å². The molecule has 0 aliphatic heterocycles. The number of hydrogen-bond acceptors (Lipinski definition) is 2. The van der Waals surface area contributed by atoms with E-state index in [1.807, 2.05) is 54.6 Å². The van der Waals surface area contributed by atoms with Crippen LogP contribution in [0.5, 0.6) is 0 Å². The average molecular weight is 548 g/mol. The number of hydrogen-bond donors (Lipinski definition) is 1. The molecular formula is C31H35BrN2O2. The molecule has 0 radical (unpaired) electrons. The van der Waals surface area contributed by atoms with Crippen LogP contribution < -0.4 is 5.32 Å². The van der Waals surface area contributed by atoms with Crippen molar-refractivity contribution >= 4 is 27.7 Å². The molecule has 2 amide bonds. The van der Waals surface area contributed by atoms with E-state index in [9.17, 15) is 9.59 Å². The van der Waals surface area contributed by atoms with E-state index >= 15 is 0 Å². The molecule has 4 rings (SSSR count). The highest BCUT2D eigenvalue weighted by Gasteiger charge is 2.32. The zero-order valence-corrected chi connectivity index (χ0v) is 22.5. The Morgan fingerprint density at radius 3 is 2.19 bits per heavy atom. The minimum absolute atomic E-state index is 0.000923. The summed E-state index contributed by atoms with van der Waals surface area (Å²) in [6.45, 7) is 2.46. The van der Waals surface area contributed by atoms with E-state index in [0.717, 1.165) is 46.8 Å². The van der Waals surface area contributed by atoms with E-state index in [0.29, 0.717) is 25.8 Å². The maximum absolute atomic E-state index is 13.8. The summed E-state index contributed by atoms with van der Waals surface area (Å²) in [4.78, 5) is 29.3. The maximum atomic E-state index is 13.8. The van der Waals surface area contributed by atoms with Gasteiger partial charge in [-0.2, -0.15) is 0 Å². The smallest absolute Gasteiger partial charge is 0.243 e. The summed E-state index contributed by atoms with van der Waals surface area (Å²) in [6, 6.07) is 25.9. The Kier molecular flexibility index (Phi) is 9.35. The number of carbonyl (C=O) groups is 2. The number of rotatable bonds is 10. The molecule has 36 heavy (non-hydrogen) atoms. The van der Waals surface area contributed by atoms with Crippen molar-refractivity contribution in [2.45, 2.75) is 70.5 Å². The average Bonchev–Trinajstić information content (AvgIpc) is 3.40. The molecule has 0 unspecified atom stereocenters. The van der Waals surface area contributed by atoms with Gasteiger partial charge < -0.3 is 10.2 Å². The van der Waals surface area contributed by atoms with Gasteiger partial charge in [0.05, 0.1) is 0 Å². The van der Waals surface area contributed by atoms with Crippen molar-refractivity contribution in [3.63, 3.8) is 0 Å². The van der Waals surface area contributed by atoms with Gasteiger partial charge in [0, 0.05) is 29.9 Å². The van der Waals surface area contributed by atoms with Crippen molar-refractivity contribution in [1.29, 1.82) is 0 Å². The maximum Gasteiger partial charge on any atom is 0.243 e. The third kappa shape index (κ3) is 7.54. The summed E-state index contributed by atoms with van der Waals surface area (Å²) in [6.07, 6.45) is 5.82. The zero-order valence-electron chi connectivity index (χ0n) is 21.0. The Balaban J connectivity index is 1.59. The predicted molar refractivity (Wildman–Crippen MR) is 149 cm³/mol. The largest absolute Gasteiger partial charge is 0.352 e. The van der Waals surface area contributed by atoms with Crippen LogP contribution in [0, 0.1) is 6.92 Å². The number of nitrogens with one attached hydrogen (secondary N) is 1. The first-order valence-electron chi connectivity index (χ1n) is 12.9. The summed E-state index contributed by atoms with van der Waals surface area (Å²) in [5.41, 5.74) is 4.39. The number of carbonyl (C=O) groups excluding carboxylic acids is 2. The van der Waals surface area contributed by atoms with Crippen LogP contribution in [0.3, 0.4) is 0 Å². The fourth-order valence-corrected chi connectivity index (χ4v) is 5.12. The lowest BCUT2D eigenvalue weighted by Crippen LogP contribution is -2.52. The summed E-state index contributed by atoms with van der Waals surface area (Å²) >= 11 is 3.50. The van der Waals surface area contributed by atoms with Crippen molar-refractivity contribution in [2.24, 2.45) is 0 Å². The molecule has 0 saturated heterocycles. The summed E-state index contributed by atoms with van der Waals surface area (Å²) < 4.78 is 0.989. The molecule has 1 atom stereocenters. The molecule has 1 fully saturated rings. The van der Waals surface area contributed by atoms with E-state index in [2.05, 4.69) is 52.4 Å². The van der Waals surface area contributed by atoms with Crippen LogP contribution in [-0.2, 0) is 29.0 Å². The molecule has 0 spiro atoms. The molecule has 4 nitrogen and oxygen atoms in total. The van der Waals surface area contributed by atoms with Crippen LogP contribution in [0.4, 0.5) is 0 Å². The summed E-state index contributed by atoms with van der Waals surface area (Å²) in [5, 5.41) is 3.27. The molecule has 188 valence electrons. The number of aryl methyl sites for hydroxylation is 2. The molecular weight excluding hydrogens is 512 g/mol. The van der Waals surface area contributed by atoms with Crippen LogP contribution in [0.1, 0.15) is 54.4 Å². The molecule has 1 saturated carbocycles. The van der Waals surface area contributed by atoms with E-state index in [-0.39, 0.29) is 17.9 Å². The van der Waals surface area contributed by atoms with Gasteiger partial charge >= 0.3 is 0 Å². The van der Waals surface area contributed by atoms with Crippen LogP contribution >= 0.6 is 15.9 Å². The normalized spacial score (nSPS) is 14.4. The van der Waals surface area contributed by atoms with E-state index in [1.165, 1.54) is 5.56 Å². The quantitative estimate of drug-likeness (QED) is 0.320. The van der Waals surface area contributed by atoms with Gasteiger partial charge in [-0.1, -0.05) is 101 Å². The fraction of sp³-hybridized carbons (Fsp3) is 0.355. The first-order chi connectivity index (χ1) is 17.5. The van der Waals surface area contributed by atoms with Gasteiger partial charge in [0.25, 0.3) is 0 Å². The Hall–Kier alpha value is -2.92. The minimum Gasteiger partial charge on any atom is -0.352 e. The minimum atomic E-state index is -0.567. The number of benzene rings is 3. The SMILES string of the molecule is Cc1ccc(CCC(=O)N(Cc2ccc(Br)cc2)[C@H](Cc2ccccc2)C(=O)NC2CCCC2)cc1. The highest BCUT2D eigenvalue weighted by molar-refractivity contribution is 9.10. The molecule has 1 aliphatic carbocycles. The second kappa shape index (κ2) is 12.9. The van der Waals surface area contributed by atoms with Gasteiger partial charge in [-0.3, -0.25) is 9.59 Å². The molecule has 0 aromatic heterocycles. The fourth-order valence-electron chi connectivity index (χ4n) is 4.86. The third-order valence-electron chi connectivity index (χ3n) is 6.99. The molecule has 1 aliphatic rings. The third-order valence-corrected chi connectivity index (χ3v) is 7.52. The van der Waals surface area contributed by atoms with Crippen molar-refractivity contribution in [1.82, 2.24) is 10.2 Å². The van der Waals surface area contributed by atoms with E-state index in [1.54, 1.807) is 4.90 Å². The second-order valence-electron chi connectivity index (χ2n) is 9.83. The second-order valence-corrected chi connectivity index (χ2v) is 10.7. The van der Waals surface area contributed by atoms with Crippen molar-refractivity contribution in [2.75, 3.05) is 0 Å². The topological polar surface area (TPSA) is 49.4 Å². The van der Waals surface area contributed by atoms with Crippen LogP contribution in [0.25, 0.3) is 0 Å². The Labute approximate surface area is 223 Å². The molecule has 3 aromatic carbocycles. The first-order valence-corrected chi connectivity index (χ1v) is 13.7. The van der Waals surface area contributed by atoms with Gasteiger partial charge in [-0.15, -0.1) is 0 Å². The van der Waals surface area contributed by atoms with Gasteiger partial charge in [0.1, 0.15) is 6.04 Å². The van der Waals surface area contributed by atoms with Crippen LogP contribution in [-0.4, -0.2) is 28.8 Å². The van der Waals surface area contributed by atoms with Gasteiger partial charge in [-0.25, -0.2) is 0 Å². The van der Waals surface area contributed by atoms with Gasteiger partial charge in [0.15, 0.2) is 0 Å². The van der Waals surface area contributed by atoms with Gasteiger partial charge in [-0.05, 0) is 55.0 Å². The molecule has 0 heterocycles.